The monoisotopic (exact) mass is 343 g/mol. The van der Waals surface area contributed by atoms with Gasteiger partial charge in [-0.15, -0.1) is 0 Å². The zero-order valence-corrected chi connectivity index (χ0v) is 14.3. The largest absolute Gasteiger partial charge is 0.361 e. The third-order valence-corrected chi connectivity index (χ3v) is 4.05. The number of amides is 2. The number of aryl methyl sites for hydroxylation is 2. The van der Waals surface area contributed by atoms with Gasteiger partial charge in [-0.1, -0.05) is 5.16 Å². The number of nitrogens with one attached hydrogen (secondary N) is 2. The zero-order chi connectivity index (χ0) is 17.8. The van der Waals surface area contributed by atoms with Gasteiger partial charge in [0.15, 0.2) is 0 Å². The van der Waals surface area contributed by atoms with Crippen molar-refractivity contribution in [2.45, 2.75) is 26.3 Å². The van der Waals surface area contributed by atoms with E-state index >= 15 is 0 Å². The number of rotatable bonds is 4. The average Bonchev–Trinajstić information content (AvgIpc) is 3.01. The molecule has 1 aliphatic heterocycles. The van der Waals surface area contributed by atoms with Crippen molar-refractivity contribution in [2.24, 2.45) is 0 Å². The summed E-state index contributed by atoms with van der Waals surface area (Å²) in [5.74, 6) is 0.114. The molecule has 0 aromatic carbocycles. The highest BCUT2D eigenvalue weighted by atomic mass is 16.5. The highest BCUT2D eigenvalue weighted by Gasteiger charge is 2.32. The molecule has 1 aliphatic rings. The van der Waals surface area contributed by atoms with E-state index in [9.17, 15) is 9.59 Å². The van der Waals surface area contributed by atoms with Gasteiger partial charge < -0.3 is 20.1 Å². The first-order valence-corrected chi connectivity index (χ1v) is 8.19. The number of carbonyl (C=O) groups excluding carboxylic acids is 2. The van der Waals surface area contributed by atoms with Crippen LogP contribution in [0.2, 0.25) is 0 Å². The first kappa shape index (κ1) is 17.1. The van der Waals surface area contributed by atoms with Crippen molar-refractivity contribution in [1.29, 1.82) is 0 Å². The third-order valence-electron chi connectivity index (χ3n) is 4.05. The van der Waals surface area contributed by atoms with Crippen LogP contribution in [0.3, 0.4) is 0 Å². The van der Waals surface area contributed by atoms with Crippen LogP contribution in [0.5, 0.6) is 0 Å². The standard InChI is InChI=1S/C17H21N5O3/c1-11-3-4-13(9-19-11)20-17(24)15-10-18-5-6-22(15)16(23)8-14-7-12(2)21-25-14/h3-4,7,9,15,18H,5-6,8,10H2,1-2H3,(H,20,24). The lowest BCUT2D eigenvalue weighted by molar-refractivity contribution is -0.139. The maximum absolute atomic E-state index is 12.6. The van der Waals surface area contributed by atoms with Gasteiger partial charge in [0.2, 0.25) is 11.8 Å². The van der Waals surface area contributed by atoms with Crippen molar-refractivity contribution in [2.75, 3.05) is 25.0 Å². The van der Waals surface area contributed by atoms with E-state index in [-0.39, 0.29) is 18.2 Å². The Morgan fingerprint density at radius 3 is 2.88 bits per heavy atom. The van der Waals surface area contributed by atoms with Gasteiger partial charge in [0, 0.05) is 31.4 Å². The molecule has 3 heterocycles. The molecule has 3 rings (SSSR count). The Morgan fingerprint density at radius 2 is 2.20 bits per heavy atom. The molecule has 8 heteroatoms. The highest BCUT2D eigenvalue weighted by Crippen LogP contribution is 2.13. The van der Waals surface area contributed by atoms with E-state index in [4.69, 9.17) is 4.52 Å². The minimum atomic E-state index is -0.577. The lowest BCUT2D eigenvalue weighted by Crippen LogP contribution is -2.58. The molecule has 2 aromatic heterocycles. The number of nitrogens with zero attached hydrogens (tertiary/aromatic N) is 3. The first-order valence-electron chi connectivity index (χ1n) is 8.19. The molecule has 0 saturated carbocycles. The van der Waals surface area contributed by atoms with Crippen LogP contribution in [0, 0.1) is 13.8 Å². The summed E-state index contributed by atoms with van der Waals surface area (Å²) in [5, 5.41) is 9.77. The molecule has 132 valence electrons. The number of pyridine rings is 1. The molecular formula is C17H21N5O3. The molecule has 1 saturated heterocycles. The second-order valence-electron chi connectivity index (χ2n) is 6.10. The molecule has 1 unspecified atom stereocenters. The van der Waals surface area contributed by atoms with Gasteiger partial charge in [-0.05, 0) is 26.0 Å². The minimum absolute atomic E-state index is 0.0940. The summed E-state index contributed by atoms with van der Waals surface area (Å²) in [6, 6.07) is 4.77. The number of aromatic nitrogens is 2. The van der Waals surface area contributed by atoms with E-state index < -0.39 is 6.04 Å². The van der Waals surface area contributed by atoms with E-state index in [1.807, 2.05) is 13.0 Å². The van der Waals surface area contributed by atoms with Crippen LogP contribution in [0.1, 0.15) is 17.1 Å². The SMILES string of the molecule is Cc1ccc(NC(=O)C2CNCCN2C(=O)Cc2cc(C)no2)cn1. The van der Waals surface area contributed by atoms with Gasteiger partial charge in [-0.25, -0.2) is 0 Å². The summed E-state index contributed by atoms with van der Waals surface area (Å²) in [4.78, 5) is 31.0. The van der Waals surface area contributed by atoms with Crippen LogP contribution in [0.4, 0.5) is 5.69 Å². The molecule has 1 atom stereocenters. The highest BCUT2D eigenvalue weighted by molar-refractivity contribution is 5.97. The van der Waals surface area contributed by atoms with Crippen LogP contribution >= 0.6 is 0 Å². The van der Waals surface area contributed by atoms with Crippen molar-refractivity contribution >= 4 is 17.5 Å². The second kappa shape index (κ2) is 7.43. The predicted octanol–water partition coefficient (Wildman–Crippen LogP) is 0.668. The summed E-state index contributed by atoms with van der Waals surface area (Å²) in [7, 11) is 0. The Bertz CT molecular complexity index is 756. The smallest absolute Gasteiger partial charge is 0.248 e. The molecule has 0 aliphatic carbocycles. The third kappa shape index (κ3) is 4.21. The second-order valence-corrected chi connectivity index (χ2v) is 6.10. The number of hydrogen-bond acceptors (Lipinski definition) is 6. The van der Waals surface area contributed by atoms with Gasteiger partial charge in [0.05, 0.1) is 24.0 Å². The maximum Gasteiger partial charge on any atom is 0.248 e. The molecule has 0 spiro atoms. The molecule has 1 fully saturated rings. The molecule has 0 radical (unpaired) electrons. The van der Waals surface area contributed by atoms with E-state index in [1.165, 1.54) is 0 Å². The fourth-order valence-corrected chi connectivity index (χ4v) is 2.75. The number of carbonyl (C=O) groups is 2. The molecule has 2 N–H and O–H groups in total. The van der Waals surface area contributed by atoms with Gasteiger partial charge in [0.25, 0.3) is 0 Å². The van der Waals surface area contributed by atoms with Crippen LogP contribution in [0.25, 0.3) is 0 Å². The summed E-state index contributed by atoms with van der Waals surface area (Å²) < 4.78 is 5.11. The normalized spacial score (nSPS) is 17.4. The lowest BCUT2D eigenvalue weighted by Gasteiger charge is -2.35. The van der Waals surface area contributed by atoms with Gasteiger partial charge >= 0.3 is 0 Å². The van der Waals surface area contributed by atoms with Crippen molar-refractivity contribution in [1.82, 2.24) is 20.4 Å². The number of hydrogen-bond donors (Lipinski definition) is 2. The Balaban J connectivity index is 1.68. The number of anilines is 1. The number of piperazine rings is 1. The van der Waals surface area contributed by atoms with E-state index in [0.717, 1.165) is 11.4 Å². The first-order chi connectivity index (χ1) is 12.0. The Hall–Kier alpha value is -2.74. The summed E-state index contributed by atoms with van der Waals surface area (Å²) in [6.45, 7) is 5.20. The lowest BCUT2D eigenvalue weighted by atomic mass is 10.1. The summed E-state index contributed by atoms with van der Waals surface area (Å²) >= 11 is 0. The molecule has 8 nitrogen and oxygen atoms in total. The van der Waals surface area contributed by atoms with Crippen molar-refractivity contribution in [3.8, 4) is 0 Å². The summed E-state index contributed by atoms with van der Waals surface area (Å²) in [6.07, 6.45) is 1.70. The zero-order valence-electron chi connectivity index (χ0n) is 14.3. The topological polar surface area (TPSA) is 100 Å². The van der Waals surface area contributed by atoms with E-state index in [2.05, 4.69) is 20.8 Å². The Kier molecular flexibility index (Phi) is 5.08. The van der Waals surface area contributed by atoms with Gasteiger partial charge in [-0.2, -0.15) is 0 Å². The molecule has 25 heavy (non-hydrogen) atoms. The maximum atomic E-state index is 12.6. The Morgan fingerprint density at radius 1 is 1.36 bits per heavy atom. The van der Waals surface area contributed by atoms with Crippen molar-refractivity contribution < 1.29 is 14.1 Å². The average molecular weight is 343 g/mol. The van der Waals surface area contributed by atoms with Gasteiger partial charge in [0.1, 0.15) is 11.8 Å². The Labute approximate surface area is 145 Å². The van der Waals surface area contributed by atoms with Crippen molar-refractivity contribution in [3.63, 3.8) is 0 Å². The van der Waals surface area contributed by atoms with Crippen molar-refractivity contribution in [3.05, 3.63) is 41.5 Å². The minimum Gasteiger partial charge on any atom is -0.361 e. The molecular weight excluding hydrogens is 322 g/mol. The van der Waals surface area contributed by atoms with Crippen LogP contribution in [-0.2, 0) is 16.0 Å². The van der Waals surface area contributed by atoms with E-state index in [1.54, 1.807) is 30.2 Å². The molecule has 2 aromatic rings. The fraction of sp³-hybridized carbons (Fsp3) is 0.412. The quantitative estimate of drug-likeness (QED) is 0.846. The molecule has 2 amide bonds. The van der Waals surface area contributed by atoms with Crippen LogP contribution < -0.4 is 10.6 Å². The van der Waals surface area contributed by atoms with Gasteiger partial charge in [-0.3, -0.25) is 14.6 Å². The van der Waals surface area contributed by atoms with Crippen LogP contribution in [-0.4, -0.2) is 52.5 Å². The van der Waals surface area contributed by atoms with Crippen LogP contribution in [0.15, 0.2) is 28.9 Å². The summed E-state index contributed by atoms with van der Waals surface area (Å²) in [5.41, 5.74) is 2.21. The molecule has 0 bridgehead atoms. The van der Waals surface area contributed by atoms with E-state index in [0.29, 0.717) is 31.1 Å². The predicted molar refractivity (Wildman–Crippen MR) is 90.9 cm³/mol. The fourth-order valence-electron chi connectivity index (χ4n) is 2.75.